The summed E-state index contributed by atoms with van der Waals surface area (Å²) in [5.41, 5.74) is -0.886. The summed E-state index contributed by atoms with van der Waals surface area (Å²) < 4.78 is 45.0. The van der Waals surface area contributed by atoms with Gasteiger partial charge in [0.2, 0.25) is 5.91 Å². The molecule has 11 heteroatoms. The first-order valence-corrected chi connectivity index (χ1v) is 11.3. The van der Waals surface area contributed by atoms with Crippen LogP contribution in [0.5, 0.6) is 6.01 Å². The fraction of sp³-hybridized carbons (Fsp3) is 0.360. The molecule has 0 fully saturated rings. The van der Waals surface area contributed by atoms with E-state index in [0.717, 1.165) is 19.4 Å². The van der Waals surface area contributed by atoms with Crippen molar-refractivity contribution in [1.82, 2.24) is 20.3 Å². The Labute approximate surface area is 211 Å². The number of carbonyl (C=O) groups is 1. The van der Waals surface area contributed by atoms with Gasteiger partial charge in [-0.25, -0.2) is 4.98 Å². The number of amides is 1. The Hall–Kier alpha value is -3.24. The van der Waals surface area contributed by atoms with Crippen molar-refractivity contribution in [2.24, 2.45) is 5.41 Å². The van der Waals surface area contributed by atoms with Gasteiger partial charge in [0.25, 0.3) is 0 Å². The number of carbonyl (C=O) groups excluding carboxylic acids is 1. The van der Waals surface area contributed by atoms with Gasteiger partial charge in [0.05, 0.1) is 10.6 Å². The molecule has 0 unspecified atom stereocenters. The number of aromatic nitrogens is 3. The molecule has 3 rings (SSSR count). The molecular formula is C25H26ClF3N4O3. The van der Waals surface area contributed by atoms with Gasteiger partial charge in [-0.1, -0.05) is 35.9 Å². The molecule has 7 nitrogen and oxygen atoms in total. The SMILES string of the molecule is COC(C)(C)c1cccc(-c2nc(O)nc(-c3cc(CNC(=O)C(C)(C)C(F)(F)F)ccc3Cl)n2)c1. The Morgan fingerprint density at radius 1 is 1.03 bits per heavy atom. The van der Waals surface area contributed by atoms with Crippen LogP contribution in [0.25, 0.3) is 22.8 Å². The quantitative estimate of drug-likeness (QED) is 0.416. The summed E-state index contributed by atoms with van der Waals surface area (Å²) in [5, 5.41) is 12.7. The van der Waals surface area contributed by atoms with Gasteiger partial charge in [-0.3, -0.25) is 4.79 Å². The van der Waals surface area contributed by atoms with E-state index in [1.165, 1.54) is 12.1 Å². The second-order valence-corrected chi connectivity index (χ2v) is 9.60. The monoisotopic (exact) mass is 522 g/mol. The summed E-state index contributed by atoms with van der Waals surface area (Å²) in [6.45, 7) is 5.26. The third-order valence-electron chi connectivity index (χ3n) is 5.95. The van der Waals surface area contributed by atoms with Crippen molar-refractivity contribution in [3.05, 3.63) is 58.6 Å². The minimum Gasteiger partial charge on any atom is -0.479 e. The molecule has 36 heavy (non-hydrogen) atoms. The molecule has 0 bridgehead atoms. The highest BCUT2D eigenvalue weighted by Crippen LogP contribution is 2.37. The highest BCUT2D eigenvalue weighted by molar-refractivity contribution is 6.33. The minimum absolute atomic E-state index is 0.0581. The van der Waals surface area contributed by atoms with Gasteiger partial charge in [-0.15, -0.1) is 0 Å². The molecule has 0 spiro atoms. The molecule has 1 aromatic heterocycles. The third kappa shape index (κ3) is 5.76. The summed E-state index contributed by atoms with van der Waals surface area (Å²) in [6, 6.07) is 11.4. The summed E-state index contributed by atoms with van der Waals surface area (Å²) in [7, 11) is 1.60. The van der Waals surface area contributed by atoms with E-state index in [1.807, 2.05) is 32.0 Å². The number of alkyl halides is 3. The second kappa shape index (κ2) is 10.0. The molecule has 0 saturated heterocycles. The van der Waals surface area contributed by atoms with Crippen molar-refractivity contribution in [2.45, 2.75) is 46.0 Å². The Balaban J connectivity index is 1.94. The van der Waals surface area contributed by atoms with Gasteiger partial charge in [0.15, 0.2) is 11.6 Å². The Kier molecular flexibility index (Phi) is 7.61. The third-order valence-corrected chi connectivity index (χ3v) is 6.28. The second-order valence-electron chi connectivity index (χ2n) is 9.20. The first-order chi connectivity index (χ1) is 16.7. The van der Waals surface area contributed by atoms with Crippen LogP contribution in [0.2, 0.25) is 5.02 Å². The number of halogens is 4. The van der Waals surface area contributed by atoms with Crippen LogP contribution < -0.4 is 5.32 Å². The molecule has 0 saturated carbocycles. The molecule has 0 aliphatic carbocycles. The maximum atomic E-state index is 13.1. The Morgan fingerprint density at radius 3 is 2.33 bits per heavy atom. The van der Waals surface area contributed by atoms with Gasteiger partial charge in [-0.05, 0) is 57.0 Å². The number of ether oxygens (including phenoxy) is 1. The maximum absolute atomic E-state index is 13.1. The normalized spacial score (nSPS) is 12.5. The van der Waals surface area contributed by atoms with E-state index in [0.29, 0.717) is 16.7 Å². The van der Waals surface area contributed by atoms with Gasteiger partial charge in [0, 0.05) is 24.8 Å². The average molecular weight is 523 g/mol. The number of benzene rings is 2. The zero-order chi connectivity index (χ0) is 26.9. The lowest BCUT2D eigenvalue weighted by atomic mass is 9.91. The van der Waals surface area contributed by atoms with Crippen LogP contribution in [-0.2, 0) is 21.7 Å². The fourth-order valence-electron chi connectivity index (χ4n) is 3.15. The molecule has 0 radical (unpaired) electrons. The Morgan fingerprint density at radius 2 is 1.69 bits per heavy atom. The van der Waals surface area contributed by atoms with Crippen LogP contribution in [0.1, 0.15) is 38.8 Å². The lowest BCUT2D eigenvalue weighted by molar-refractivity contribution is -0.211. The number of nitrogens with zero attached hydrogens (tertiary/aromatic N) is 3. The molecule has 0 aliphatic heterocycles. The predicted molar refractivity (Wildman–Crippen MR) is 129 cm³/mol. The van der Waals surface area contributed by atoms with E-state index in [2.05, 4.69) is 20.3 Å². The van der Waals surface area contributed by atoms with Crippen LogP contribution in [0, 0.1) is 5.41 Å². The number of rotatable bonds is 7. The zero-order valence-corrected chi connectivity index (χ0v) is 21.1. The molecule has 2 aromatic carbocycles. The maximum Gasteiger partial charge on any atom is 0.402 e. The van der Waals surface area contributed by atoms with Crippen LogP contribution >= 0.6 is 11.6 Å². The van der Waals surface area contributed by atoms with Crippen molar-refractivity contribution >= 4 is 17.5 Å². The molecule has 2 N–H and O–H groups in total. The van der Waals surface area contributed by atoms with Crippen molar-refractivity contribution in [1.29, 1.82) is 0 Å². The highest BCUT2D eigenvalue weighted by atomic mass is 35.5. The molecule has 3 aromatic rings. The molecule has 1 heterocycles. The van der Waals surface area contributed by atoms with E-state index < -0.39 is 29.1 Å². The minimum atomic E-state index is -4.70. The predicted octanol–water partition coefficient (Wildman–Crippen LogP) is 5.65. The van der Waals surface area contributed by atoms with Crippen molar-refractivity contribution in [3.8, 4) is 28.8 Å². The molecule has 0 atom stereocenters. The number of hydrogen-bond acceptors (Lipinski definition) is 6. The fourth-order valence-corrected chi connectivity index (χ4v) is 3.35. The molecule has 1 amide bonds. The summed E-state index contributed by atoms with van der Waals surface area (Å²) >= 11 is 6.35. The van der Waals surface area contributed by atoms with Crippen LogP contribution in [0.3, 0.4) is 0 Å². The number of nitrogens with one attached hydrogen (secondary N) is 1. The largest absolute Gasteiger partial charge is 0.479 e. The smallest absolute Gasteiger partial charge is 0.402 e. The van der Waals surface area contributed by atoms with Gasteiger partial charge >= 0.3 is 12.2 Å². The van der Waals surface area contributed by atoms with Crippen LogP contribution in [-0.4, -0.2) is 39.3 Å². The summed E-state index contributed by atoms with van der Waals surface area (Å²) in [5.74, 6) is -0.916. The highest BCUT2D eigenvalue weighted by Gasteiger charge is 2.52. The van der Waals surface area contributed by atoms with E-state index in [4.69, 9.17) is 16.3 Å². The van der Waals surface area contributed by atoms with Crippen LogP contribution in [0.15, 0.2) is 42.5 Å². The molecule has 192 valence electrons. The first-order valence-electron chi connectivity index (χ1n) is 10.9. The number of hydrogen-bond donors (Lipinski definition) is 2. The van der Waals surface area contributed by atoms with Gasteiger partial charge in [-0.2, -0.15) is 23.1 Å². The molecular weight excluding hydrogens is 497 g/mol. The van der Waals surface area contributed by atoms with Crippen molar-refractivity contribution < 1.29 is 27.8 Å². The number of methoxy groups -OCH3 is 1. The van der Waals surface area contributed by atoms with Crippen molar-refractivity contribution in [3.63, 3.8) is 0 Å². The number of aromatic hydroxyl groups is 1. The average Bonchev–Trinajstić information content (AvgIpc) is 2.82. The van der Waals surface area contributed by atoms with E-state index in [9.17, 15) is 23.1 Å². The Bertz CT molecular complexity index is 1280. The van der Waals surface area contributed by atoms with Gasteiger partial charge in [0.1, 0.15) is 5.41 Å². The van der Waals surface area contributed by atoms with Crippen LogP contribution in [0.4, 0.5) is 13.2 Å². The summed E-state index contributed by atoms with van der Waals surface area (Å²) in [4.78, 5) is 24.6. The summed E-state index contributed by atoms with van der Waals surface area (Å²) in [6.07, 6.45) is -4.70. The zero-order valence-electron chi connectivity index (χ0n) is 20.4. The molecule has 0 aliphatic rings. The van der Waals surface area contributed by atoms with Crippen molar-refractivity contribution in [2.75, 3.05) is 7.11 Å². The van der Waals surface area contributed by atoms with Gasteiger partial charge < -0.3 is 15.2 Å². The lowest BCUT2D eigenvalue weighted by Crippen LogP contribution is -2.46. The lowest BCUT2D eigenvalue weighted by Gasteiger charge is -2.26. The standard InChI is InChI=1S/C25H26ClF3N4O3/c1-23(2,25(27,28)29)21(34)30-13-14-9-10-18(26)17(11-14)20-31-19(32-22(35)33-20)15-7-6-8-16(12-15)24(3,4)36-5/h6-12H,13H2,1-5H3,(H,30,34)(H,31,32,33,35). The first kappa shape index (κ1) is 27.3. The van der Waals surface area contributed by atoms with E-state index in [1.54, 1.807) is 19.2 Å². The van der Waals surface area contributed by atoms with E-state index >= 15 is 0 Å². The topological polar surface area (TPSA) is 97.2 Å². The van der Waals surface area contributed by atoms with E-state index in [-0.39, 0.29) is 23.2 Å².